The van der Waals surface area contributed by atoms with Gasteiger partial charge in [0.25, 0.3) is 0 Å². The summed E-state index contributed by atoms with van der Waals surface area (Å²) in [6.07, 6.45) is 2.77. The number of aromatic nitrogens is 2. The first-order valence-corrected chi connectivity index (χ1v) is 8.92. The van der Waals surface area contributed by atoms with Gasteiger partial charge in [0.1, 0.15) is 5.82 Å². The van der Waals surface area contributed by atoms with Gasteiger partial charge in [-0.05, 0) is 44.0 Å². The van der Waals surface area contributed by atoms with Gasteiger partial charge in [0.05, 0.1) is 5.69 Å². The van der Waals surface area contributed by atoms with E-state index in [0.717, 1.165) is 30.8 Å². The summed E-state index contributed by atoms with van der Waals surface area (Å²) in [5.41, 5.74) is 1.90. The molecule has 0 bridgehead atoms. The van der Waals surface area contributed by atoms with Gasteiger partial charge >= 0.3 is 0 Å². The van der Waals surface area contributed by atoms with E-state index in [-0.39, 0.29) is 5.91 Å². The Bertz CT molecular complexity index is 653. The van der Waals surface area contributed by atoms with Crippen molar-refractivity contribution in [3.05, 3.63) is 42.5 Å². The fraction of sp³-hybridized carbons (Fsp3) is 0.421. The molecule has 1 aliphatic heterocycles. The smallest absolute Gasteiger partial charge is 0.220 e. The zero-order chi connectivity index (χ0) is 17.3. The lowest BCUT2D eigenvalue weighted by Crippen LogP contribution is -2.29. The van der Waals surface area contributed by atoms with Crippen LogP contribution in [0.2, 0.25) is 0 Å². The maximum absolute atomic E-state index is 11.8. The molecule has 0 aliphatic carbocycles. The Morgan fingerprint density at radius 3 is 2.72 bits per heavy atom. The highest BCUT2D eigenvalue weighted by molar-refractivity contribution is 5.75. The molecule has 3 N–H and O–H groups in total. The van der Waals surface area contributed by atoms with Crippen molar-refractivity contribution >= 4 is 11.7 Å². The first-order valence-electron chi connectivity index (χ1n) is 8.92. The van der Waals surface area contributed by atoms with E-state index in [4.69, 9.17) is 0 Å². The van der Waals surface area contributed by atoms with Gasteiger partial charge in [-0.25, -0.2) is 0 Å². The number of carbonyl (C=O) groups excluding carboxylic acids is 1. The molecule has 0 spiro atoms. The number of amides is 1. The molecule has 132 valence electrons. The normalized spacial score (nSPS) is 16.6. The van der Waals surface area contributed by atoms with Crippen LogP contribution in [-0.4, -0.2) is 42.3 Å². The first-order chi connectivity index (χ1) is 12.3. The highest BCUT2D eigenvalue weighted by atomic mass is 16.1. The number of nitrogens with one attached hydrogen (secondary N) is 3. The number of benzene rings is 1. The molecule has 1 unspecified atom stereocenters. The molecule has 3 rings (SSSR count). The van der Waals surface area contributed by atoms with Crippen molar-refractivity contribution < 1.29 is 4.79 Å². The fourth-order valence-electron chi connectivity index (χ4n) is 2.97. The lowest BCUT2D eigenvalue weighted by Gasteiger charge is -2.09. The van der Waals surface area contributed by atoms with Gasteiger partial charge in [-0.1, -0.05) is 30.3 Å². The molecule has 1 aromatic carbocycles. The van der Waals surface area contributed by atoms with Gasteiger partial charge in [-0.3, -0.25) is 4.79 Å². The summed E-state index contributed by atoms with van der Waals surface area (Å²) < 4.78 is 0. The van der Waals surface area contributed by atoms with Crippen molar-refractivity contribution in [2.75, 3.05) is 31.5 Å². The fourth-order valence-corrected chi connectivity index (χ4v) is 2.97. The molecular weight excluding hydrogens is 314 g/mol. The molecule has 1 fully saturated rings. The van der Waals surface area contributed by atoms with Crippen molar-refractivity contribution in [1.82, 2.24) is 20.8 Å². The lowest BCUT2D eigenvalue weighted by atomic mass is 10.0. The predicted molar refractivity (Wildman–Crippen MR) is 99.2 cm³/mol. The minimum Gasteiger partial charge on any atom is -0.367 e. The van der Waals surface area contributed by atoms with Crippen LogP contribution in [0.1, 0.15) is 19.3 Å². The highest BCUT2D eigenvalue weighted by Gasteiger charge is 2.15. The molecule has 6 nitrogen and oxygen atoms in total. The maximum Gasteiger partial charge on any atom is 0.220 e. The van der Waals surface area contributed by atoms with Crippen LogP contribution in [0.25, 0.3) is 11.3 Å². The van der Waals surface area contributed by atoms with Crippen LogP contribution in [0.3, 0.4) is 0 Å². The van der Waals surface area contributed by atoms with Crippen LogP contribution in [0.15, 0.2) is 42.5 Å². The van der Waals surface area contributed by atoms with Gasteiger partial charge in [0, 0.05) is 25.1 Å². The van der Waals surface area contributed by atoms with Gasteiger partial charge in [0.15, 0.2) is 0 Å². The molecule has 0 radical (unpaired) electrons. The summed E-state index contributed by atoms with van der Waals surface area (Å²) in [5.74, 6) is 1.49. The molecule has 1 aromatic heterocycles. The summed E-state index contributed by atoms with van der Waals surface area (Å²) in [6.45, 7) is 3.35. The second-order valence-corrected chi connectivity index (χ2v) is 6.34. The van der Waals surface area contributed by atoms with Crippen LogP contribution < -0.4 is 16.0 Å². The molecule has 25 heavy (non-hydrogen) atoms. The van der Waals surface area contributed by atoms with Crippen molar-refractivity contribution in [3.63, 3.8) is 0 Å². The average Bonchev–Trinajstić information content (AvgIpc) is 3.18. The third kappa shape index (κ3) is 5.53. The van der Waals surface area contributed by atoms with Crippen LogP contribution in [0.5, 0.6) is 0 Å². The average molecular weight is 339 g/mol. The Kier molecular flexibility index (Phi) is 6.34. The SMILES string of the molecule is O=C(CCC1CCNC1)NCCNc1ccc(-c2ccccc2)nn1. The van der Waals surface area contributed by atoms with Gasteiger partial charge in [-0.15, -0.1) is 10.2 Å². The summed E-state index contributed by atoms with van der Waals surface area (Å²) in [5, 5.41) is 17.9. The summed E-state index contributed by atoms with van der Waals surface area (Å²) in [6, 6.07) is 13.8. The third-order valence-electron chi connectivity index (χ3n) is 4.43. The minimum atomic E-state index is 0.124. The molecule has 1 atom stereocenters. The van der Waals surface area contributed by atoms with E-state index in [9.17, 15) is 4.79 Å². The quantitative estimate of drug-likeness (QED) is 0.642. The summed E-state index contributed by atoms with van der Waals surface area (Å²) in [4.78, 5) is 11.8. The lowest BCUT2D eigenvalue weighted by molar-refractivity contribution is -0.121. The molecule has 1 saturated heterocycles. The van der Waals surface area contributed by atoms with Crippen LogP contribution >= 0.6 is 0 Å². The summed E-state index contributed by atoms with van der Waals surface area (Å²) >= 11 is 0. The molecule has 2 heterocycles. The summed E-state index contributed by atoms with van der Waals surface area (Å²) in [7, 11) is 0. The van der Waals surface area contributed by atoms with E-state index in [1.807, 2.05) is 42.5 Å². The van der Waals surface area contributed by atoms with E-state index in [1.165, 1.54) is 6.42 Å². The van der Waals surface area contributed by atoms with Crippen molar-refractivity contribution in [2.45, 2.75) is 19.3 Å². The van der Waals surface area contributed by atoms with Gasteiger partial charge in [0.2, 0.25) is 5.91 Å². The molecule has 0 saturated carbocycles. The third-order valence-corrected chi connectivity index (χ3v) is 4.43. The van der Waals surface area contributed by atoms with Gasteiger partial charge in [-0.2, -0.15) is 0 Å². The number of hydrogen-bond acceptors (Lipinski definition) is 5. The Morgan fingerprint density at radius 1 is 1.12 bits per heavy atom. The van der Waals surface area contributed by atoms with E-state index in [0.29, 0.717) is 31.2 Å². The topological polar surface area (TPSA) is 78.9 Å². The Hall–Kier alpha value is -2.47. The van der Waals surface area contributed by atoms with Crippen molar-refractivity contribution in [1.29, 1.82) is 0 Å². The van der Waals surface area contributed by atoms with E-state index in [2.05, 4.69) is 26.1 Å². The van der Waals surface area contributed by atoms with Crippen LogP contribution in [0, 0.1) is 5.92 Å². The number of nitrogens with zero attached hydrogens (tertiary/aromatic N) is 2. The number of carbonyl (C=O) groups is 1. The maximum atomic E-state index is 11.8. The zero-order valence-electron chi connectivity index (χ0n) is 14.4. The monoisotopic (exact) mass is 339 g/mol. The molecule has 6 heteroatoms. The zero-order valence-corrected chi connectivity index (χ0v) is 14.4. The van der Waals surface area contributed by atoms with Gasteiger partial charge < -0.3 is 16.0 Å². The Balaban J connectivity index is 1.34. The Morgan fingerprint density at radius 2 is 2.00 bits per heavy atom. The highest BCUT2D eigenvalue weighted by Crippen LogP contribution is 2.16. The van der Waals surface area contributed by atoms with Crippen LogP contribution in [-0.2, 0) is 4.79 Å². The standard InChI is InChI=1S/C19H25N5O/c25-19(9-6-15-10-11-20-14-15)22-13-12-21-18-8-7-17(23-24-18)16-4-2-1-3-5-16/h1-5,7-8,15,20H,6,9-14H2,(H,21,24)(H,22,25). The number of anilines is 1. The van der Waals surface area contributed by atoms with E-state index < -0.39 is 0 Å². The number of hydrogen-bond donors (Lipinski definition) is 3. The first kappa shape index (κ1) is 17.4. The minimum absolute atomic E-state index is 0.124. The second kappa shape index (κ2) is 9.13. The van der Waals surface area contributed by atoms with Crippen molar-refractivity contribution in [2.24, 2.45) is 5.92 Å². The van der Waals surface area contributed by atoms with E-state index >= 15 is 0 Å². The molecule has 2 aromatic rings. The largest absolute Gasteiger partial charge is 0.367 e. The van der Waals surface area contributed by atoms with E-state index in [1.54, 1.807) is 0 Å². The molecule has 1 aliphatic rings. The van der Waals surface area contributed by atoms with Crippen LogP contribution in [0.4, 0.5) is 5.82 Å². The Labute approximate surface area is 148 Å². The predicted octanol–water partition coefficient (Wildman–Crippen LogP) is 2.06. The number of rotatable bonds is 8. The molecular formula is C19H25N5O. The van der Waals surface area contributed by atoms with Crippen molar-refractivity contribution in [3.8, 4) is 11.3 Å². The second-order valence-electron chi connectivity index (χ2n) is 6.34. The molecule has 1 amide bonds.